The van der Waals surface area contributed by atoms with Crippen molar-refractivity contribution in [2.45, 2.75) is 20.1 Å². The molecular weight excluding hydrogens is 232 g/mol. The van der Waals surface area contributed by atoms with E-state index < -0.39 is 0 Å². The van der Waals surface area contributed by atoms with Crippen molar-refractivity contribution in [3.05, 3.63) is 41.2 Å². The first-order chi connectivity index (χ1) is 8.72. The van der Waals surface area contributed by atoms with Crippen molar-refractivity contribution in [3.8, 4) is 11.4 Å². The number of aliphatic hydroxyl groups excluding tert-OH is 2. The van der Waals surface area contributed by atoms with Crippen molar-refractivity contribution in [3.63, 3.8) is 0 Å². The highest BCUT2D eigenvalue weighted by molar-refractivity contribution is 5.48. The molecule has 2 N–H and O–H groups in total. The lowest BCUT2D eigenvalue weighted by atomic mass is 10.2. The first-order valence-corrected chi connectivity index (χ1v) is 5.65. The molecule has 0 fully saturated rings. The highest BCUT2D eigenvalue weighted by Crippen LogP contribution is 2.25. The molecule has 0 spiro atoms. The standard InChI is InChI=1S/C13H16N2O3/c1-9-10(7-16)11(8-17)14-15(9)12-5-3-4-6-13(12)18-2/h3-6,16-17H,7-8H2,1-2H3. The summed E-state index contributed by atoms with van der Waals surface area (Å²) in [6.07, 6.45) is 0. The Morgan fingerprint density at radius 2 is 1.94 bits per heavy atom. The third kappa shape index (κ3) is 1.98. The summed E-state index contributed by atoms with van der Waals surface area (Å²) in [7, 11) is 1.59. The first-order valence-electron chi connectivity index (χ1n) is 5.65. The SMILES string of the molecule is COc1ccccc1-n1nc(CO)c(CO)c1C. The van der Waals surface area contributed by atoms with Crippen molar-refractivity contribution in [2.24, 2.45) is 0 Å². The van der Waals surface area contributed by atoms with E-state index in [1.54, 1.807) is 11.8 Å². The third-order valence-electron chi connectivity index (χ3n) is 2.94. The second kappa shape index (κ2) is 5.20. The van der Waals surface area contributed by atoms with Crippen molar-refractivity contribution in [1.29, 1.82) is 0 Å². The molecule has 1 aromatic carbocycles. The zero-order valence-corrected chi connectivity index (χ0v) is 10.4. The Kier molecular flexibility index (Phi) is 3.64. The van der Waals surface area contributed by atoms with E-state index in [4.69, 9.17) is 4.74 Å². The van der Waals surface area contributed by atoms with Crippen LogP contribution in [0.5, 0.6) is 5.75 Å². The fourth-order valence-corrected chi connectivity index (χ4v) is 1.96. The minimum Gasteiger partial charge on any atom is -0.494 e. The predicted molar refractivity (Wildman–Crippen MR) is 66.7 cm³/mol. The molecule has 0 aliphatic heterocycles. The fraction of sp³-hybridized carbons (Fsp3) is 0.308. The van der Waals surface area contributed by atoms with Crippen molar-refractivity contribution >= 4 is 0 Å². The van der Waals surface area contributed by atoms with Gasteiger partial charge in [0, 0.05) is 11.3 Å². The summed E-state index contributed by atoms with van der Waals surface area (Å²) in [6.45, 7) is 1.51. The summed E-state index contributed by atoms with van der Waals surface area (Å²) >= 11 is 0. The summed E-state index contributed by atoms with van der Waals surface area (Å²) in [6, 6.07) is 7.48. The van der Waals surface area contributed by atoms with Gasteiger partial charge in [0.2, 0.25) is 0 Å². The maximum atomic E-state index is 9.32. The van der Waals surface area contributed by atoms with Gasteiger partial charge in [0.1, 0.15) is 11.4 Å². The molecule has 0 saturated carbocycles. The third-order valence-corrected chi connectivity index (χ3v) is 2.94. The van der Waals surface area contributed by atoms with Crippen molar-refractivity contribution < 1.29 is 14.9 Å². The second-order valence-electron chi connectivity index (χ2n) is 3.91. The Bertz CT molecular complexity index is 549. The average molecular weight is 248 g/mol. The highest BCUT2D eigenvalue weighted by atomic mass is 16.5. The Hall–Kier alpha value is -1.85. The Labute approximate surface area is 105 Å². The molecule has 0 unspecified atom stereocenters. The van der Waals surface area contributed by atoms with E-state index in [0.717, 1.165) is 11.4 Å². The van der Waals surface area contributed by atoms with Crippen molar-refractivity contribution in [2.75, 3.05) is 7.11 Å². The maximum Gasteiger partial charge on any atom is 0.144 e. The van der Waals surface area contributed by atoms with Crippen LogP contribution in [0, 0.1) is 6.92 Å². The van der Waals surface area contributed by atoms with Crippen LogP contribution in [-0.4, -0.2) is 27.1 Å². The lowest BCUT2D eigenvalue weighted by Crippen LogP contribution is -2.02. The normalized spacial score (nSPS) is 10.7. The second-order valence-corrected chi connectivity index (χ2v) is 3.91. The van der Waals surface area contributed by atoms with E-state index in [9.17, 15) is 10.2 Å². The number of para-hydroxylation sites is 2. The number of benzene rings is 1. The molecule has 0 aliphatic rings. The van der Waals surface area contributed by atoms with Crippen LogP contribution in [0.25, 0.3) is 5.69 Å². The molecule has 0 saturated heterocycles. The summed E-state index contributed by atoms with van der Waals surface area (Å²) in [5.41, 5.74) is 2.72. The largest absolute Gasteiger partial charge is 0.494 e. The van der Waals surface area contributed by atoms with E-state index in [1.807, 2.05) is 31.2 Å². The number of hydrogen-bond acceptors (Lipinski definition) is 4. The average Bonchev–Trinajstić information content (AvgIpc) is 2.74. The minimum absolute atomic E-state index is 0.142. The predicted octanol–water partition coefficient (Wildman–Crippen LogP) is 1.17. The van der Waals surface area contributed by atoms with Crippen LogP contribution in [-0.2, 0) is 13.2 Å². The van der Waals surface area contributed by atoms with Gasteiger partial charge in [0.25, 0.3) is 0 Å². The molecule has 5 heteroatoms. The topological polar surface area (TPSA) is 67.5 Å². The van der Waals surface area contributed by atoms with Crippen LogP contribution in [0.2, 0.25) is 0 Å². The molecule has 2 rings (SSSR count). The van der Waals surface area contributed by atoms with E-state index in [1.165, 1.54) is 0 Å². The monoisotopic (exact) mass is 248 g/mol. The highest BCUT2D eigenvalue weighted by Gasteiger charge is 2.16. The molecule has 18 heavy (non-hydrogen) atoms. The zero-order valence-electron chi connectivity index (χ0n) is 10.4. The van der Waals surface area contributed by atoms with Gasteiger partial charge < -0.3 is 14.9 Å². The molecule has 1 heterocycles. The maximum absolute atomic E-state index is 9.32. The van der Waals surface area contributed by atoms with Gasteiger partial charge in [-0.3, -0.25) is 0 Å². The molecule has 0 aliphatic carbocycles. The molecular formula is C13H16N2O3. The molecule has 2 aromatic rings. The number of nitrogens with zero attached hydrogens (tertiary/aromatic N) is 2. The molecule has 1 aromatic heterocycles. The van der Waals surface area contributed by atoms with Crippen LogP contribution in [0.3, 0.4) is 0 Å². The van der Waals surface area contributed by atoms with Crippen LogP contribution >= 0.6 is 0 Å². The first kappa shape index (κ1) is 12.6. The van der Waals surface area contributed by atoms with Gasteiger partial charge in [0.15, 0.2) is 0 Å². The van der Waals surface area contributed by atoms with Gasteiger partial charge in [-0.15, -0.1) is 0 Å². The quantitative estimate of drug-likeness (QED) is 0.852. The van der Waals surface area contributed by atoms with E-state index in [-0.39, 0.29) is 13.2 Å². The van der Waals surface area contributed by atoms with Crippen LogP contribution < -0.4 is 4.74 Å². The number of rotatable bonds is 4. The smallest absolute Gasteiger partial charge is 0.144 e. The number of ether oxygens (including phenoxy) is 1. The van der Waals surface area contributed by atoms with Gasteiger partial charge in [-0.25, -0.2) is 4.68 Å². The Morgan fingerprint density at radius 3 is 2.50 bits per heavy atom. The lowest BCUT2D eigenvalue weighted by Gasteiger charge is -2.09. The summed E-state index contributed by atoms with van der Waals surface area (Å²) in [5, 5.41) is 22.9. The molecule has 96 valence electrons. The molecule has 0 radical (unpaired) electrons. The zero-order chi connectivity index (χ0) is 13.1. The van der Waals surface area contributed by atoms with Crippen LogP contribution in [0.4, 0.5) is 0 Å². The number of aromatic nitrogens is 2. The molecule has 0 atom stereocenters. The van der Waals surface area contributed by atoms with Gasteiger partial charge in [0.05, 0.1) is 26.0 Å². The molecule has 0 amide bonds. The lowest BCUT2D eigenvalue weighted by molar-refractivity contribution is 0.257. The molecule has 5 nitrogen and oxygen atoms in total. The fourth-order valence-electron chi connectivity index (χ4n) is 1.96. The van der Waals surface area contributed by atoms with Gasteiger partial charge in [-0.05, 0) is 19.1 Å². The molecule has 0 bridgehead atoms. The Balaban J connectivity index is 2.60. The summed E-state index contributed by atoms with van der Waals surface area (Å²) < 4.78 is 6.96. The van der Waals surface area contributed by atoms with E-state index >= 15 is 0 Å². The number of methoxy groups -OCH3 is 1. The van der Waals surface area contributed by atoms with Crippen molar-refractivity contribution in [1.82, 2.24) is 9.78 Å². The van der Waals surface area contributed by atoms with Crippen LogP contribution in [0.1, 0.15) is 17.0 Å². The summed E-state index contributed by atoms with van der Waals surface area (Å²) in [4.78, 5) is 0. The van der Waals surface area contributed by atoms with Gasteiger partial charge in [-0.2, -0.15) is 5.10 Å². The minimum atomic E-state index is -0.196. The summed E-state index contributed by atoms with van der Waals surface area (Å²) in [5.74, 6) is 0.692. The van der Waals surface area contributed by atoms with Crippen LogP contribution in [0.15, 0.2) is 24.3 Å². The van der Waals surface area contributed by atoms with Gasteiger partial charge in [-0.1, -0.05) is 12.1 Å². The van der Waals surface area contributed by atoms with E-state index in [0.29, 0.717) is 17.0 Å². The van der Waals surface area contributed by atoms with Gasteiger partial charge >= 0.3 is 0 Å². The Morgan fingerprint density at radius 1 is 1.22 bits per heavy atom. The number of aliphatic hydroxyl groups is 2. The number of hydrogen-bond donors (Lipinski definition) is 2. The van der Waals surface area contributed by atoms with E-state index in [2.05, 4.69) is 5.10 Å².